The lowest BCUT2D eigenvalue weighted by atomic mass is 10.0. The fraction of sp³-hybridized carbons (Fsp3) is 0.500. The molecular weight excluding hydrogens is 320 g/mol. The molecule has 2 amide bonds. The van der Waals surface area contributed by atoms with E-state index in [4.69, 9.17) is 4.74 Å². The van der Waals surface area contributed by atoms with Gasteiger partial charge in [-0.25, -0.2) is 4.99 Å². The Morgan fingerprint density at radius 1 is 1.28 bits per heavy atom. The van der Waals surface area contributed by atoms with E-state index in [-0.39, 0.29) is 18.2 Å². The molecule has 1 aromatic rings. The first-order valence-corrected chi connectivity index (χ1v) is 8.64. The lowest BCUT2D eigenvalue weighted by Gasteiger charge is -2.32. The van der Waals surface area contributed by atoms with E-state index in [1.54, 1.807) is 0 Å². The molecule has 0 aromatic heterocycles. The minimum atomic E-state index is -0.712. The molecule has 1 aromatic carbocycles. The maximum absolute atomic E-state index is 12.5. The summed E-state index contributed by atoms with van der Waals surface area (Å²) < 4.78 is 5.31. The van der Waals surface area contributed by atoms with Crippen LogP contribution < -0.4 is 10.6 Å². The third-order valence-corrected chi connectivity index (χ3v) is 4.37. The summed E-state index contributed by atoms with van der Waals surface area (Å²) in [4.78, 5) is 30.9. The third kappa shape index (κ3) is 4.36. The molecule has 3 rings (SSSR count). The highest BCUT2D eigenvalue weighted by Gasteiger charge is 2.29. The highest BCUT2D eigenvalue weighted by atomic mass is 16.5. The molecule has 1 saturated heterocycles. The van der Waals surface area contributed by atoms with Crippen LogP contribution in [0.25, 0.3) is 0 Å². The van der Waals surface area contributed by atoms with Crippen LogP contribution in [0.1, 0.15) is 31.7 Å². The van der Waals surface area contributed by atoms with Gasteiger partial charge >= 0.3 is 0 Å². The van der Waals surface area contributed by atoms with Crippen LogP contribution in [0.3, 0.4) is 0 Å². The average molecular weight is 344 g/mol. The van der Waals surface area contributed by atoms with Crippen molar-refractivity contribution >= 4 is 23.5 Å². The zero-order chi connectivity index (χ0) is 17.8. The van der Waals surface area contributed by atoms with Gasteiger partial charge in [-0.2, -0.15) is 0 Å². The van der Waals surface area contributed by atoms with Crippen LogP contribution in [0.15, 0.2) is 29.3 Å². The number of nitrogens with one attached hydrogen (secondary N) is 2. The number of benzene rings is 1. The first kappa shape index (κ1) is 17.4. The number of morpholine rings is 1. The van der Waals surface area contributed by atoms with E-state index in [0.29, 0.717) is 43.9 Å². The monoisotopic (exact) mass is 344 g/mol. The van der Waals surface area contributed by atoms with Crippen LogP contribution in [0.2, 0.25) is 0 Å². The van der Waals surface area contributed by atoms with Gasteiger partial charge in [-0.05, 0) is 23.6 Å². The SMILES string of the molecule is CC(C)c1ccc(NC(=O)C2CC(=O)NC(N3CCOCC3)=N2)cc1. The Morgan fingerprint density at radius 3 is 2.60 bits per heavy atom. The van der Waals surface area contributed by atoms with Crippen molar-refractivity contribution < 1.29 is 14.3 Å². The Kier molecular flexibility index (Phi) is 5.33. The zero-order valence-electron chi connectivity index (χ0n) is 14.6. The number of hydrogen-bond donors (Lipinski definition) is 2. The van der Waals surface area contributed by atoms with Crippen LogP contribution in [-0.4, -0.2) is 55.0 Å². The summed E-state index contributed by atoms with van der Waals surface area (Å²) in [6, 6.07) is 7.04. The second kappa shape index (κ2) is 7.65. The molecular formula is C18H24N4O3. The van der Waals surface area contributed by atoms with Crippen molar-refractivity contribution in [2.75, 3.05) is 31.6 Å². The van der Waals surface area contributed by atoms with Crippen molar-refractivity contribution in [2.45, 2.75) is 32.2 Å². The molecule has 25 heavy (non-hydrogen) atoms. The molecule has 2 heterocycles. The number of hydrogen-bond acceptors (Lipinski definition) is 5. The van der Waals surface area contributed by atoms with Crippen molar-refractivity contribution in [2.24, 2.45) is 4.99 Å². The van der Waals surface area contributed by atoms with Crippen LogP contribution in [0, 0.1) is 0 Å². The summed E-state index contributed by atoms with van der Waals surface area (Å²) in [6.45, 7) is 6.74. The second-order valence-corrected chi connectivity index (χ2v) is 6.59. The van der Waals surface area contributed by atoms with E-state index in [2.05, 4.69) is 29.5 Å². The zero-order valence-corrected chi connectivity index (χ0v) is 14.6. The largest absolute Gasteiger partial charge is 0.378 e. The molecule has 1 unspecified atom stereocenters. The molecule has 0 bridgehead atoms. The molecule has 134 valence electrons. The van der Waals surface area contributed by atoms with Gasteiger partial charge in [-0.1, -0.05) is 26.0 Å². The van der Waals surface area contributed by atoms with Gasteiger partial charge in [0.2, 0.25) is 17.8 Å². The third-order valence-electron chi connectivity index (χ3n) is 4.37. The van der Waals surface area contributed by atoms with Crippen molar-refractivity contribution in [3.05, 3.63) is 29.8 Å². The Morgan fingerprint density at radius 2 is 1.96 bits per heavy atom. The molecule has 7 heteroatoms. The van der Waals surface area contributed by atoms with Gasteiger partial charge in [-0.15, -0.1) is 0 Å². The molecule has 0 radical (unpaired) electrons. The molecule has 0 spiro atoms. The van der Waals surface area contributed by atoms with Gasteiger partial charge in [0.05, 0.1) is 19.6 Å². The standard InChI is InChI=1S/C18H24N4O3/c1-12(2)13-3-5-14(6-4-13)19-17(24)15-11-16(23)21-18(20-15)22-7-9-25-10-8-22/h3-6,12,15H,7-11H2,1-2H3,(H,19,24)(H,20,21,23). The molecule has 2 aliphatic rings. The molecule has 7 nitrogen and oxygen atoms in total. The predicted molar refractivity (Wildman–Crippen MR) is 95.5 cm³/mol. The summed E-state index contributed by atoms with van der Waals surface area (Å²) >= 11 is 0. The van der Waals surface area contributed by atoms with Gasteiger partial charge < -0.3 is 15.0 Å². The van der Waals surface area contributed by atoms with Crippen LogP contribution >= 0.6 is 0 Å². The van der Waals surface area contributed by atoms with Gasteiger partial charge in [-0.3, -0.25) is 14.9 Å². The number of anilines is 1. The van der Waals surface area contributed by atoms with Gasteiger partial charge in [0, 0.05) is 18.8 Å². The molecule has 0 aliphatic carbocycles. The number of carbonyl (C=O) groups excluding carboxylic acids is 2. The van der Waals surface area contributed by atoms with Crippen molar-refractivity contribution in [3.8, 4) is 0 Å². The molecule has 2 aliphatic heterocycles. The minimum absolute atomic E-state index is 0.0593. The summed E-state index contributed by atoms with van der Waals surface area (Å²) in [7, 11) is 0. The first-order valence-electron chi connectivity index (χ1n) is 8.64. The number of carbonyl (C=O) groups is 2. The summed E-state index contributed by atoms with van der Waals surface area (Å²) in [5, 5.41) is 5.61. The quantitative estimate of drug-likeness (QED) is 0.866. The Labute approximate surface area is 147 Å². The normalized spacial score (nSPS) is 20.9. The second-order valence-electron chi connectivity index (χ2n) is 6.59. The molecule has 0 saturated carbocycles. The maximum atomic E-state index is 12.5. The first-order chi connectivity index (χ1) is 12.0. The van der Waals surface area contributed by atoms with E-state index in [1.807, 2.05) is 29.2 Å². The fourth-order valence-electron chi connectivity index (χ4n) is 2.84. The highest BCUT2D eigenvalue weighted by Crippen LogP contribution is 2.18. The number of rotatable bonds is 3. The Bertz CT molecular complexity index is 663. The number of guanidine groups is 1. The number of ether oxygens (including phenoxy) is 1. The van der Waals surface area contributed by atoms with Crippen molar-refractivity contribution in [1.29, 1.82) is 0 Å². The van der Waals surface area contributed by atoms with Gasteiger partial charge in [0.25, 0.3) is 0 Å². The van der Waals surface area contributed by atoms with E-state index in [9.17, 15) is 9.59 Å². The van der Waals surface area contributed by atoms with Crippen molar-refractivity contribution in [3.63, 3.8) is 0 Å². The van der Waals surface area contributed by atoms with E-state index in [1.165, 1.54) is 5.56 Å². The van der Waals surface area contributed by atoms with Crippen molar-refractivity contribution in [1.82, 2.24) is 10.2 Å². The van der Waals surface area contributed by atoms with E-state index >= 15 is 0 Å². The molecule has 1 fully saturated rings. The maximum Gasteiger partial charge on any atom is 0.249 e. The topological polar surface area (TPSA) is 83.0 Å². The van der Waals surface area contributed by atoms with Crippen LogP contribution in [-0.2, 0) is 14.3 Å². The smallest absolute Gasteiger partial charge is 0.249 e. The Balaban J connectivity index is 1.68. The lowest BCUT2D eigenvalue weighted by molar-refractivity contribution is -0.125. The summed E-state index contributed by atoms with van der Waals surface area (Å²) in [5.41, 5.74) is 1.92. The number of nitrogens with zero attached hydrogens (tertiary/aromatic N) is 2. The van der Waals surface area contributed by atoms with Crippen LogP contribution in [0.4, 0.5) is 5.69 Å². The summed E-state index contributed by atoms with van der Waals surface area (Å²) in [5.74, 6) is 0.451. The predicted octanol–water partition coefficient (Wildman–Crippen LogP) is 1.33. The van der Waals surface area contributed by atoms with E-state index < -0.39 is 6.04 Å². The minimum Gasteiger partial charge on any atom is -0.378 e. The summed E-state index contributed by atoms with van der Waals surface area (Å²) in [6.07, 6.45) is 0.0593. The Hall–Kier alpha value is -2.41. The van der Waals surface area contributed by atoms with E-state index in [0.717, 1.165) is 0 Å². The number of aliphatic imine (C=N–C) groups is 1. The van der Waals surface area contributed by atoms with Crippen LogP contribution in [0.5, 0.6) is 0 Å². The highest BCUT2D eigenvalue weighted by molar-refractivity contribution is 6.05. The lowest BCUT2D eigenvalue weighted by Crippen LogP contribution is -2.53. The van der Waals surface area contributed by atoms with Gasteiger partial charge in [0.1, 0.15) is 6.04 Å². The number of amides is 2. The fourth-order valence-corrected chi connectivity index (χ4v) is 2.84. The average Bonchev–Trinajstić information content (AvgIpc) is 2.62. The molecule has 1 atom stereocenters. The molecule has 2 N–H and O–H groups in total. The van der Waals surface area contributed by atoms with Gasteiger partial charge in [0.15, 0.2) is 0 Å².